The van der Waals surface area contributed by atoms with Crippen LogP contribution in [0, 0.1) is 17.6 Å². The molecule has 0 bridgehead atoms. The van der Waals surface area contributed by atoms with Gasteiger partial charge in [0.25, 0.3) is 5.91 Å². The molecule has 1 N–H and O–H groups in total. The van der Waals surface area contributed by atoms with Gasteiger partial charge in [-0.2, -0.15) is 5.26 Å². The highest BCUT2D eigenvalue weighted by Crippen LogP contribution is 2.23. The lowest BCUT2D eigenvalue weighted by molar-refractivity contribution is -0.149. The van der Waals surface area contributed by atoms with Gasteiger partial charge in [-0.05, 0) is 65.4 Å². The second kappa shape index (κ2) is 9.62. The van der Waals surface area contributed by atoms with Gasteiger partial charge < -0.3 is 14.8 Å². The van der Waals surface area contributed by atoms with Gasteiger partial charge in [0.1, 0.15) is 11.2 Å². The maximum absolute atomic E-state index is 12.0. The van der Waals surface area contributed by atoms with Crippen LogP contribution in [0.3, 0.4) is 0 Å². The van der Waals surface area contributed by atoms with Crippen molar-refractivity contribution in [3.63, 3.8) is 0 Å². The average Bonchev–Trinajstić information content (AvgIpc) is 2.73. The lowest BCUT2D eigenvalue weighted by Crippen LogP contribution is -2.24. The number of nitrogens with one attached hydrogen (secondary N) is 1. The number of rotatable bonds is 7. The van der Waals surface area contributed by atoms with Crippen LogP contribution in [0.1, 0.15) is 5.56 Å². The first kappa shape index (κ1) is 20.2. The molecule has 3 aromatic rings. The Hall–Kier alpha value is -3.50. The SMILES string of the molecule is Cc1cc(SC#N)ccc1NC(=O)COC(=O)COc1ccc2ccccc2c1. The first-order valence-electron chi connectivity index (χ1n) is 8.79. The zero-order chi connectivity index (χ0) is 20.6. The molecule has 3 aromatic carbocycles. The number of ether oxygens (including phenoxy) is 2. The molecule has 0 heterocycles. The van der Waals surface area contributed by atoms with E-state index >= 15 is 0 Å². The topological polar surface area (TPSA) is 88.4 Å². The number of carbonyl (C=O) groups excluding carboxylic acids is 2. The predicted molar refractivity (Wildman–Crippen MR) is 112 cm³/mol. The third kappa shape index (κ3) is 5.74. The number of amides is 1. The van der Waals surface area contributed by atoms with Gasteiger partial charge in [-0.1, -0.05) is 30.3 Å². The maximum Gasteiger partial charge on any atom is 0.344 e. The third-order valence-corrected chi connectivity index (χ3v) is 4.66. The van der Waals surface area contributed by atoms with Gasteiger partial charge in [-0.25, -0.2) is 4.79 Å². The van der Waals surface area contributed by atoms with E-state index in [1.807, 2.05) is 48.7 Å². The number of fused-ring (bicyclic) bond motifs is 1. The van der Waals surface area contributed by atoms with Crippen LogP contribution < -0.4 is 10.1 Å². The maximum atomic E-state index is 12.0. The predicted octanol–water partition coefficient (Wildman–Crippen LogP) is 4.28. The van der Waals surface area contributed by atoms with Crippen molar-refractivity contribution < 1.29 is 19.1 Å². The summed E-state index contributed by atoms with van der Waals surface area (Å²) >= 11 is 1.04. The second-order valence-corrected chi connectivity index (χ2v) is 7.03. The molecule has 0 spiro atoms. The Kier molecular flexibility index (Phi) is 6.72. The number of thiocyanates is 1. The van der Waals surface area contributed by atoms with Gasteiger partial charge in [0.2, 0.25) is 0 Å². The molecule has 1 amide bonds. The number of hydrogen-bond acceptors (Lipinski definition) is 6. The van der Waals surface area contributed by atoms with Crippen molar-refractivity contribution in [1.82, 2.24) is 0 Å². The van der Waals surface area contributed by atoms with E-state index in [0.717, 1.165) is 33.0 Å². The standard InChI is InChI=1S/C22H18N2O4S/c1-15-10-19(29-14-23)8-9-20(15)24-21(25)12-28-22(26)13-27-18-7-6-16-4-2-3-5-17(16)11-18/h2-11H,12-13H2,1H3,(H,24,25). The smallest absolute Gasteiger partial charge is 0.344 e. The summed E-state index contributed by atoms with van der Waals surface area (Å²) in [5, 5.41) is 15.5. The van der Waals surface area contributed by atoms with Gasteiger partial charge in [-0.15, -0.1) is 0 Å². The quantitative estimate of drug-likeness (QED) is 0.358. The number of thioether (sulfide) groups is 1. The molecule has 0 aliphatic heterocycles. The number of aryl methyl sites for hydroxylation is 1. The number of nitrogens with zero attached hydrogens (tertiary/aromatic N) is 1. The van der Waals surface area contributed by atoms with Gasteiger partial charge in [0.15, 0.2) is 13.2 Å². The van der Waals surface area contributed by atoms with Gasteiger partial charge in [0, 0.05) is 10.6 Å². The number of esters is 1. The molecule has 7 heteroatoms. The van der Waals surface area contributed by atoms with Crippen LogP contribution in [0.15, 0.2) is 65.6 Å². The van der Waals surface area contributed by atoms with Crippen LogP contribution in [0.25, 0.3) is 10.8 Å². The zero-order valence-corrected chi connectivity index (χ0v) is 16.5. The minimum absolute atomic E-state index is 0.287. The molecule has 6 nitrogen and oxygen atoms in total. The lowest BCUT2D eigenvalue weighted by atomic mass is 10.1. The molecule has 0 saturated heterocycles. The fourth-order valence-electron chi connectivity index (χ4n) is 2.67. The molecular weight excluding hydrogens is 388 g/mol. The Labute approximate surface area is 172 Å². The number of hydrogen-bond donors (Lipinski definition) is 1. The fourth-order valence-corrected chi connectivity index (χ4v) is 3.14. The monoisotopic (exact) mass is 406 g/mol. The fraction of sp³-hybridized carbons (Fsp3) is 0.136. The van der Waals surface area contributed by atoms with E-state index in [1.54, 1.807) is 24.3 Å². The largest absolute Gasteiger partial charge is 0.482 e. The molecule has 0 saturated carbocycles. The van der Waals surface area contributed by atoms with Crippen molar-refractivity contribution >= 4 is 40.1 Å². The molecule has 29 heavy (non-hydrogen) atoms. The van der Waals surface area contributed by atoms with Crippen molar-refractivity contribution in [3.8, 4) is 11.2 Å². The van der Waals surface area contributed by atoms with Crippen molar-refractivity contribution in [2.75, 3.05) is 18.5 Å². The van der Waals surface area contributed by atoms with E-state index in [9.17, 15) is 9.59 Å². The van der Waals surface area contributed by atoms with Crippen LogP contribution >= 0.6 is 11.8 Å². The first-order valence-corrected chi connectivity index (χ1v) is 9.60. The normalized spacial score (nSPS) is 10.2. The van der Waals surface area contributed by atoms with Crippen LogP contribution in [0.4, 0.5) is 5.69 Å². The number of benzene rings is 3. The van der Waals surface area contributed by atoms with Gasteiger partial charge >= 0.3 is 5.97 Å². The van der Waals surface area contributed by atoms with Crippen molar-refractivity contribution in [2.24, 2.45) is 0 Å². The van der Waals surface area contributed by atoms with Crippen molar-refractivity contribution in [2.45, 2.75) is 11.8 Å². The molecule has 0 radical (unpaired) electrons. The lowest BCUT2D eigenvalue weighted by Gasteiger charge is -2.10. The minimum atomic E-state index is -0.634. The number of anilines is 1. The Balaban J connectivity index is 1.46. The Morgan fingerprint density at radius 2 is 1.83 bits per heavy atom. The highest BCUT2D eigenvalue weighted by Gasteiger charge is 2.10. The highest BCUT2D eigenvalue weighted by molar-refractivity contribution is 8.03. The Morgan fingerprint density at radius 3 is 2.59 bits per heavy atom. The molecule has 0 unspecified atom stereocenters. The van der Waals surface area contributed by atoms with Crippen LogP contribution in [0.5, 0.6) is 5.75 Å². The summed E-state index contributed by atoms with van der Waals surface area (Å²) in [4.78, 5) is 24.7. The molecule has 0 aromatic heterocycles. The van der Waals surface area contributed by atoms with Crippen LogP contribution in [-0.4, -0.2) is 25.1 Å². The minimum Gasteiger partial charge on any atom is -0.482 e. The van der Waals surface area contributed by atoms with Crippen LogP contribution in [0.2, 0.25) is 0 Å². The molecule has 0 fully saturated rings. The Bertz CT molecular complexity index is 1090. The number of nitriles is 1. The van der Waals surface area contributed by atoms with E-state index in [1.165, 1.54) is 0 Å². The van der Waals surface area contributed by atoms with Crippen LogP contribution in [-0.2, 0) is 14.3 Å². The average molecular weight is 406 g/mol. The number of carbonyl (C=O) groups is 2. The summed E-state index contributed by atoms with van der Waals surface area (Å²) in [5.74, 6) is -0.533. The van der Waals surface area contributed by atoms with Crippen molar-refractivity contribution in [1.29, 1.82) is 5.26 Å². The van der Waals surface area contributed by atoms with E-state index in [4.69, 9.17) is 14.7 Å². The highest BCUT2D eigenvalue weighted by atomic mass is 32.2. The first-order chi connectivity index (χ1) is 14.0. The summed E-state index contributed by atoms with van der Waals surface area (Å²) in [5.41, 5.74) is 1.41. The Morgan fingerprint density at radius 1 is 1.03 bits per heavy atom. The van der Waals surface area contributed by atoms with E-state index < -0.39 is 18.5 Å². The molecule has 0 atom stereocenters. The van der Waals surface area contributed by atoms with E-state index in [2.05, 4.69) is 5.32 Å². The molecular formula is C22H18N2O4S. The van der Waals surface area contributed by atoms with E-state index in [-0.39, 0.29) is 6.61 Å². The summed E-state index contributed by atoms with van der Waals surface area (Å²) in [6, 6.07) is 18.6. The third-order valence-electron chi connectivity index (χ3n) is 4.08. The summed E-state index contributed by atoms with van der Waals surface area (Å²) < 4.78 is 10.4. The second-order valence-electron chi connectivity index (χ2n) is 6.18. The zero-order valence-electron chi connectivity index (χ0n) is 15.7. The van der Waals surface area contributed by atoms with Gasteiger partial charge in [-0.3, -0.25) is 4.79 Å². The summed E-state index contributed by atoms with van der Waals surface area (Å²) in [7, 11) is 0. The summed E-state index contributed by atoms with van der Waals surface area (Å²) in [6.45, 7) is 1.12. The van der Waals surface area contributed by atoms with E-state index in [0.29, 0.717) is 11.4 Å². The van der Waals surface area contributed by atoms with Gasteiger partial charge in [0.05, 0.1) is 0 Å². The molecule has 146 valence electrons. The molecule has 0 aliphatic carbocycles. The summed E-state index contributed by atoms with van der Waals surface area (Å²) in [6.07, 6.45) is 0. The molecule has 0 aliphatic rings. The molecule has 3 rings (SSSR count). The van der Waals surface area contributed by atoms with Crippen molar-refractivity contribution in [3.05, 3.63) is 66.2 Å².